The Morgan fingerprint density at radius 1 is 1.25 bits per heavy atom. The second kappa shape index (κ2) is 5.57. The van der Waals surface area contributed by atoms with Crippen molar-refractivity contribution in [3.63, 3.8) is 0 Å². The molecule has 3 rings (SSSR count). The number of hydrogen-bond donors (Lipinski definition) is 0. The molecule has 1 aliphatic heterocycles. The largest absolute Gasteiger partial charge is 0.469 e. The lowest BCUT2D eigenvalue weighted by atomic mass is 9.57. The third kappa shape index (κ3) is 2.73. The summed E-state index contributed by atoms with van der Waals surface area (Å²) in [6.07, 6.45) is 4.54. The van der Waals surface area contributed by atoms with E-state index in [0.717, 1.165) is 32.5 Å². The molecular formula is C17H23NO2. The predicted molar refractivity (Wildman–Crippen MR) is 78.1 cm³/mol. The summed E-state index contributed by atoms with van der Waals surface area (Å²) >= 11 is 0. The summed E-state index contributed by atoms with van der Waals surface area (Å²) in [5.74, 6) is 0.156. The van der Waals surface area contributed by atoms with E-state index in [1.807, 2.05) is 0 Å². The molecular weight excluding hydrogens is 250 g/mol. The quantitative estimate of drug-likeness (QED) is 0.793. The third-order valence-corrected chi connectivity index (χ3v) is 5.06. The Labute approximate surface area is 120 Å². The van der Waals surface area contributed by atoms with Crippen molar-refractivity contribution in [2.75, 3.05) is 20.2 Å². The number of carbonyl (C=O) groups excluding carboxylic acids is 1. The molecule has 1 saturated carbocycles. The van der Waals surface area contributed by atoms with Crippen LogP contribution in [-0.4, -0.2) is 31.1 Å². The zero-order valence-corrected chi connectivity index (χ0v) is 12.2. The summed E-state index contributed by atoms with van der Waals surface area (Å²) in [7, 11) is 1.50. The fraction of sp³-hybridized carbons (Fsp3) is 0.588. The SMILES string of the molecule is COC(=O)C1CC2(CCN(Cc3ccccc3)CC2)C1. The Morgan fingerprint density at radius 2 is 1.90 bits per heavy atom. The van der Waals surface area contributed by atoms with E-state index < -0.39 is 0 Å². The van der Waals surface area contributed by atoms with Crippen LogP contribution in [-0.2, 0) is 16.1 Å². The van der Waals surface area contributed by atoms with E-state index in [1.54, 1.807) is 0 Å². The van der Waals surface area contributed by atoms with Gasteiger partial charge in [-0.15, -0.1) is 0 Å². The van der Waals surface area contributed by atoms with Crippen molar-refractivity contribution in [2.45, 2.75) is 32.2 Å². The number of piperidine rings is 1. The smallest absolute Gasteiger partial charge is 0.308 e. The van der Waals surface area contributed by atoms with Crippen LogP contribution >= 0.6 is 0 Å². The van der Waals surface area contributed by atoms with Crippen LogP contribution in [0.5, 0.6) is 0 Å². The topological polar surface area (TPSA) is 29.5 Å². The first-order valence-corrected chi connectivity index (χ1v) is 7.55. The molecule has 3 heteroatoms. The summed E-state index contributed by atoms with van der Waals surface area (Å²) in [5.41, 5.74) is 1.83. The van der Waals surface area contributed by atoms with E-state index in [2.05, 4.69) is 35.2 Å². The van der Waals surface area contributed by atoms with Crippen LogP contribution in [0.15, 0.2) is 30.3 Å². The molecule has 0 radical (unpaired) electrons. The molecule has 20 heavy (non-hydrogen) atoms. The second-order valence-corrected chi connectivity index (χ2v) is 6.39. The van der Waals surface area contributed by atoms with Gasteiger partial charge in [0.1, 0.15) is 0 Å². The molecule has 1 heterocycles. The maximum Gasteiger partial charge on any atom is 0.308 e. The standard InChI is InChI=1S/C17H23NO2/c1-20-16(19)15-11-17(12-15)7-9-18(10-8-17)13-14-5-3-2-4-6-14/h2-6,15H,7-13H2,1H3. The maximum atomic E-state index is 11.5. The van der Waals surface area contributed by atoms with Gasteiger partial charge in [0.2, 0.25) is 0 Å². The van der Waals surface area contributed by atoms with Gasteiger partial charge in [-0.05, 0) is 49.8 Å². The van der Waals surface area contributed by atoms with E-state index in [9.17, 15) is 4.79 Å². The number of hydrogen-bond acceptors (Lipinski definition) is 3. The van der Waals surface area contributed by atoms with Gasteiger partial charge in [0.25, 0.3) is 0 Å². The number of methoxy groups -OCH3 is 1. The fourth-order valence-electron chi connectivity index (χ4n) is 3.75. The molecule has 0 N–H and O–H groups in total. The number of benzene rings is 1. The molecule has 1 aliphatic carbocycles. The third-order valence-electron chi connectivity index (χ3n) is 5.06. The monoisotopic (exact) mass is 273 g/mol. The van der Waals surface area contributed by atoms with Gasteiger partial charge in [-0.25, -0.2) is 0 Å². The Kier molecular flexibility index (Phi) is 3.79. The average Bonchev–Trinajstić information content (AvgIpc) is 2.46. The first-order chi connectivity index (χ1) is 9.71. The number of rotatable bonds is 3. The van der Waals surface area contributed by atoms with Gasteiger partial charge in [0.05, 0.1) is 13.0 Å². The van der Waals surface area contributed by atoms with Crippen LogP contribution in [0.25, 0.3) is 0 Å². The summed E-state index contributed by atoms with van der Waals surface area (Å²) in [5, 5.41) is 0. The molecule has 2 fully saturated rings. The van der Waals surface area contributed by atoms with Crippen LogP contribution < -0.4 is 0 Å². The Bertz CT molecular complexity index is 455. The van der Waals surface area contributed by atoms with E-state index in [-0.39, 0.29) is 11.9 Å². The van der Waals surface area contributed by atoms with Crippen molar-refractivity contribution in [3.8, 4) is 0 Å². The molecule has 0 bridgehead atoms. The Balaban J connectivity index is 1.48. The lowest BCUT2D eigenvalue weighted by Crippen LogP contribution is -2.48. The second-order valence-electron chi connectivity index (χ2n) is 6.39. The van der Waals surface area contributed by atoms with Gasteiger partial charge in [0, 0.05) is 6.54 Å². The molecule has 0 unspecified atom stereocenters. The molecule has 1 spiro atoms. The number of ether oxygens (including phenoxy) is 1. The number of likely N-dealkylation sites (tertiary alicyclic amines) is 1. The number of carbonyl (C=O) groups is 1. The van der Waals surface area contributed by atoms with Gasteiger partial charge in [-0.2, -0.15) is 0 Å². The summed E-state index contributed by atoms with van der Waals surface area (Å²) in [6.45, 7) is 3.36. The fourth-order valence-corrected chi connectivity index (χ4v) is 3.75. The van der Waals surface area contributed by atoms with Crippen molar-refractivity contribution in [2.24, 2.45) is 11.3 Å². The minimum atomic E-state index is -0.0117. The Morgan fingerprint density at radius 3 is 2.50 bits per heavy atom. The van der Waals surface area contributed by atoms with Crippen LogP contribution in [0.4, 0.5) is 0 Å². The minimum Gasteiger partial charge on any atom is -0.469 e. The summed E-state index contributed by atoms with van der Waals surface area (Å²) in [6, 6.07) is 10.7. The maximum absolute atomic E-state index is 11.5. The highest BCUT2D eigenvalue weighted by Crippen LogP contribution is 2.52. The van der Waals surface area contributed by atoms with Crippen molar-refractivity contribution in [1.29, 1.82) is 0 Å². The van der Waals surface area contributed by atoms with Gasteiger partial charge in [0.15, 0.2) is 0 Å². The molecule has 0 amide bonds. The Hall–Kier alpha value is -1.35. The summed E-state index contributed by atoms with van der Waals surface area (Å²) < 4.78 is 4.84. The van der Waals surface area contributed by atoms with Crippen molar-refractivity contribution in [3.05, 3.63) is 35.9 Å². The number of esters is 1. The van der Waals surface area contributed by atoms with Crippen molar-refractivity contribution in [1.82, 2.24) is 4.90 Å². The molecule has 108 valence electrons. The average molecular weight is 273 g/mol. The molecule has 1 aromatic carbocycles. The van der Waals surface area contributed by atoms with Crippen LogP contribution in [0.1, 0.15) is 31.2 Å². The van der Waals surface area contributed by atoms with Crippen LogP contribution in [0, 0.1) is 11.3 Å². The zero-order chi connectivity index (χ0) is 14.0. The molecule has 0 atom stereocenters. The van der Waals surface area contributed by atoms with Gasteiger partial charge < -0.3 is 4.74 Å². The van der Waals surface area contributed by atoms with Crippen molar-refractivity contribution >= 4 is 5.97 Å². The van der Waals surface area contributed by atoms with Gasteiger partial charge in [-0.3, -0.25) is 9.69 Å². The van der Waals surface area contributed by atoms with Gasteiger partial charge >= 0.3 is 5.97 Å². The molecule has 0 aromatic heterocycles. The van der Waals surface area contributed by atoms with E-state index >= 15 is 0 Å². The van der Waals surface area contributed by atoms with Gasteiger partial charge in [-0.1, -0.05) is 30.3 Å². The van der Waals surface area contributed by atoms with E-state index in [0.29, 0.717) is 5.41 Å². The lowest BCUT2D eigenvalue weighted by molar-refractivity contribution is -0.156. The van der Waals surface area contributed by atoms with Crippen LogP contribution in [0.3, 0.4) is 0 Å². The number of nitrogens with zero attached hydrogens (tertiary/aromatic N) is 1. The first-order valence-electron chi connectivity index (χ1n) is 7.55. The van der Waals surface area contributed by atoms with E-state index in [1.165, 1.54) is 25.5 Å². The van der Waals surface area contributed by atoms with Crippen molar-refractivity contribution < 1.29 is 9.53 Å². The molecule has 1 saturated heterocycles. The minimum absolute atomic E-state index is 0.0117. The predicted octanol–water partition coefficient (Wildman–Crippen LogP) is 2.85. The lowest BCUT2D eigenvalue weighted by Gasteiger charge is -2.51. The summed E-state index contributed by atoms with van der Waals surface area (Å²) in [4.78, 5) is 14.0. The molecule has 1 aromatic rings. The van der Waals surface area contributed by atoms with E-state index in [4.69, 9.17) is 4.74 Å². The molecule has 3 nitrogen and oxygen atoms in total. The van der Waals surface area contributed by atoms with Crippen LogP contribution in [0.2, 0.25) is 0 Å². The zero-order valence-electron chi connectivity index (χ0n) is 12.2. The highest BCUT2D eigenvalue weighted by molar-refractivity contribution is 5.73. The normalized spacial score (nSPS) is 22.4. The highest BCUT2D eigenvalue weighted by atomic mass is 16.5. The molecule has 2 aliphatic rings. The highest BCUT2D eigenvalue weighted by Gasteiger charge is 2.48. The first kappa shape index (κ1) is 13.6.